The van der Waals surface area contributed by atoms with Gasteiger partial charge in [0.05, 0.1) is 11.3 Å². The van der Waals surface area contributed by atoms with E-state index < -0.39 is 29.8 Å². The number of H-pyrrole nitrogens is 1. The van der Waals surface area contributed by atoms with Crippen LogP contribution in [0.5, 0.6) is 5.75 Å². The molecule has 1 heterocycles. The number of hydrogen-bond donors (Lipinski definition) is 2. The summed E-state index contributed by atoms with van der Waals surface area (Å²) in [4.78, 5) is 0. The van der Waals surface area contributed by atoms with Crippen LogP contribution in [0.2, 0.25) is 0 Å². The molecule has 0 aliphatic heterocycles. The number of nitriles is 1. The van der Waals surface area contributed by atoms with E-state index >= 15 is 0 Å². The van der Waals surface area contributed by atoms with E-state index in [2.05, 4.69) is 30.7 Å². The second-order valence-corrected chi connectivity index (χ2v) is 4.14. The minimum absolute atomic E-state index is 0.131. The van der Waals surface area contributed by atoms with Crippen molar-refractivity contribution in [2.24, 2.45) is 0 Å². The molecule has 2 rings (SSSR count). The number of hydrogen-bond acceptors (Lipinski definition) is 6. The summed E-state index contributed by atoms with van der Waals surface area (Å²) in [6, 6.07) is 3.59. The number of tetrazole rings is 1. The van der Waals surface area contributed by atoms with E-state index in [9.17, 15) is 22.0 Å². The minimum atomic E-state index is -4.69. The number of rotatable bonds is 5. The summed E-state index contributed by atoms with van der Waals surface area (Å²) in [5, 5.41) is 23.6. The molecule has 0 amide bonds. The first kappa shape index (κ1) is 17.1. The van der Waals surface area contributed by atoms with E-state index in [0.717, 1.165) is 12.3 Å². The van der Waals surface area contributed by atoms with E-state index in [1.54, 1.807) is 6.07 Å². The summed E-state index contributed by atoms with van der Waals surface area (Å²) in [6.45, 7) is -3.24. The minimum Gasteiger partial charge on any atom is -0.433 e. The van der Waals surface area contributed by atoms with Crippen LogP contribution in [0.1, 0.15) is 11.4 Å². The monoisotopic (exact) mass is 346 g/mol. The molecule has 1 aromatic carbocycles. The van der Waals surface area contributed by atoms with Gasteiger partial charge >= 0.3 is 12.8 Å². The number of ether oxygens (including phenoxy) is 1. The molecule has 1 aromatic heterocycles. The van der Waals surface area contributed by atoms with Crippen LogP contribution in [0.3, 0.4) is 0 Å². The third-order valence-electron chi connectivity index (χ3n) is 2.60. The molecule has 0 aliphatic rings. The molecule has 0 bridgehead atoms. The van der Waals surface area contributed by atoms with Crippen LogP contribution in [0.15, 0.2) is 24.4 Å². The molecule has 0 radical (unpaired) electrons. The predicted octanol–water partition coefficient (Wildman–Crippen LogP) is 2.80. The van der Waals surface area contributed by atoms with Crippen LogP contribution in [0.25, 0.3) is 5.57 Å². The number of benzene rings is 1. The van der Waals surface area contributed by atoms with Crippen LogP contribution in [-0.4, -0.2) is 27.2 Å². The molecule has 0 atom stereocenters. The first-order valence-electron chi connectivity index (χ1n) is 6.08. The smallest absolute Gasteiger partial charge is 0.416 e. The SMILES string of the molecule is N#CC(=CNc1cc(C(F)(F)F)ccc1OC(F)F)c1nn[nH]n1. The highest BCUT2D eigenvalue weighted by molar-refractivity contribution is 5.75. The van der Waals surface area contributed by atoms with Gasteiger partial charge in [-0.05, 0) is 23.4 Å². The number of nitrogens with zero attached hydrogens (tertiary/aromatic N) is 4. The zero-order chi connectivity index (χ0) is 17.7. The Bertz CT molecular complexity index is 765. The molecule has 0 saturated carbocycles. The van der Waals surface area contributed by atoms with Gasteiger partial charge in [-0.3, -0.25) is 0 Å². The van der Waals surface area contributed by atoms with Gasteiger partial charge in [-0.1, -0.05) is 0 Å². The summed E-state index contributed by atoms with van der Waals surface area (Å²) in [5.74, 6) is -0.659. The van der Waals surface area contributed by atoms with Crippen molar-refractivity contribution in [2.75, 3.05) is 5.32 Å². The molecule has 126 valence electrons. The number of aromatic nitrogens is 4. The van der Waals surface area contributed by atoms with E-state index in [-0.39, 0.29) is 11.4 Å². The largest absolute Gasteiger partial charge is 0.433 e. The number of halogens is 5. The number of anilines is 1. The Hall–Kier alpha value is -3.23. The zero-order valence-electron chi connectivity index (χ0n) is 11.5. The van der Waals surface area contributed by atoms with Crippen molar-refractivity contribution in [1.29, 1.82) is 5.26 Å². The van der Waals surface area contributed by atoms with Gasteiger partial charge in [0.15, 0.2) is 0 Å². The lowest BCUT2D eigenvalue weighted by atomic mass is 10.1. The van der Waals surface area contributed by atoms with Gasteiger partial charge in [0.1, 0.15) is 17.4 Å². The average molecular weight is 346 g/mol. The highest BCUT2D eigenvalue weighted by atomic mass is 19.4. The second-order valence-electron chi connectivity index (χ2n) is 4.14. The van der Waals surface area contributed by atoms with Crippen LogP contribution >= 0.6 is 0 Å². The standard InChI is InChI=1S/C12H7F5N6O/c13-11(14)24-9-2-1-7(12(15,16)17)3-8(9)19-5-6(4-18)10-20-22-23-21-10/h1-3,5,11,19H,(H,20,21,22,23). The Morgan fingerprint density at radius 1 is 1.38 bits per heavy atom. The van der Waals surface area contributed by atoms with Crippen LogP contribution in [0.4, 0.5) is 27.6 Å². The first-order valence-corrected chi connectivity index (χ1v) is 6.08. The fourth-order valence-corrected chi connectivity index (χ4v) is 1.59. The molecule has 24 heavy (non-hydrogen) atoms. The van der Waals surface area contributed by atoms with Crippen LogP contribution in [0, 0.1) is 11.3 Å². The molecule has 12 heteroatoms. The van der Waals surface area contributed by atoms with Gasteiger partial charge in [-0.15, -0.1) is 10.2 Å². The third-order valence-corrected chi connectivity index (χ3v) is 2.60. The Morgan fingerprint density at radius 2 is 2.12 bits per heavy atom. The highest BCUT2D eigenvalue weighted by Gasteiger charge is 2.31. The number of alkyl halides is 5. The Labute approximate surface area is 130 Å². The topological polar surface area (TPSA) is 99.5 Å². The van der Waals surface area contributed by atoms with Gasteiger partial charge in [0.25, 0.3) is 0 Å². The van der Waals surface area contributed by atoms with Gasteiger partial charge in [0.2, 0.25) is 5.82 Å². The lowest BCUT2D eigenvalue weighted by molar-refractivity contribution is -0.137. The molecular formula is C12H7F5N6O. The molecular weight excluding hydrogens is 339 g/mol. The normalized spacial score (nSPS) is 12.1. The van der Waals surface area contributed by atoms with E-state index in [1.807, 2.05) is 0 Å². The summed E-state index contributed by atoms with van der Waals surface area (Å²) in [5.41, 5.74) is -1.69. The molecule has 0 aliphatic carbocycles. The van der Waals surface area contributed by atoms with Crippen molar-refractivity contribution in [3.05, 3.63) is 35.8 Å². The van der Waals surface area contributed by atoms with Gasteiger partial charge in [-0.25, -0.2) is 0 Å². The molecule has 0 fully saturated rings. The fraction of sp³-hybridized carbons (Fsp3) is 0.167. The summed E-state index contributed by atoms with van der Waals surface area (Å²) < 4.78 is 67.0. The predicted molar refractivity (Wildman–Crippen MR) is 69.5 cm³/mol. The zero-order valence-corrected chi connectivity index (χ0v) is 11.5. The Balaban J connectivity index is 2.37. The van der Waals surface area contributed by atoms with E-state index in [0.29, 0.717) is 12.1 Å². The molecule has 2 N–H and O–H groups in total. The van der Waals surface area contributed by atoms with Gasteiger partial charge in [-0.2, -0.15) is 32.4 Å². The number of allylic oxidation sites excluding steroid dienone is 1. The Kier molecular flexibility index (Phi) is 4.93. The van der Waals surface area contributed by atoms with Gasteiger partial charge in [0, 0.05) is 6.20 Å². The summed E-state index contributed by atoms with van der Waals surface area (Å²) in [6.07, 6.45) is -3.74. The maximum atomic E-state index is 12.7. The molecule has 0 unspecified atom stereocenters. The molecule has 0 spiro atoms. The van der Waals surface area contributed by atoms with Crippen molar-refractivity contribution in [2.45, 2.75) is 12.8 Å². The number of aromatic amines is 1. The van der Waals surface area contributed by atoms with Crippen molar-refractivity contribution in [3.63, 3.8) is 0 Å². The number of nitrogens with one attached hydrogen (secondary N) is 2. The van der Waals surface area contributed by atoms with Crippen LogP contribution in [-0.2, 0) is 6.18 Å². The average Bonchev–Trinajstić information content (AvgIpc) is 3.02. The lowest BCUT2D eigenvalue weighted by Crippen LogP contribution is -2.08. The molecule has 2 aromatic rings. The van der Waals surface area contributed by atoms with E-state index in [1.165, 1.54) is 0 Å². The van der Waals surface area contributed by atoms with Crippen molar-refractivity contribution >= 4 is 11.3 Å². The van der Waals surface area contributed by atoms with Gasteiger partial charge < -0.3 is 10.1 Å². The summed E-state index contributed by atoms with van der Waals surface area (Å²) >= 11 is 0. The summed E-state index contributed by atoms with van der Waals surface area (Å²) in [7, 11) is 0. The molecule has 7 nitrogen and oxygen atoms in total. The highest BCUT2D eigenvalue weighted by Crippen LogP contribution is 2.35. The Morgan fingerprint density at radius 3 is 2.67 bits per heavy atom. The van der Waals surface area contributed by atoms with Crippen molar-refractivity contribution < 1.29 is 26.7 Å². The maximum Gasteiger partial charge on any atom is 0.416 e. The van der Waals surface area contributed by atoms with Crippen LogP contribution < -0.4 is 10.1 Å². The fourth-order valence-electron chi connectivity index (χ4n) is 1.59. The van der Waals surface area contributed by atoms with Crippen molar-refractivity contribution in [1.82, 2.24) is 20.6 Å². The molecule has 0 saturated heterocycles. The maximum absolute atomic E-state index is 12.7. The van der Waals surface area contributed by atoms with Crippen molar-refractivity contribution in [3.8, 4) is 11.8 Å². The quantitative estimate of drug-likeness (QED) is 0.638. The lowest BCUT2D eigenvalue weighted by Gasteiger charge is -2.14. The first-order chi connectivity index (χ1) is 11.3. The second kappa shape index (κ2) is 6.90. The third kappa shape index (κ3) is 4.15. The van der Waals surface area contributed by atoms with E-state index in [4.69, 9.17) is 5.26 Å².